The van der Waals surface area contributed by atoms with Gasteiger partial charge in [0.25, 0.3) is 5.91 Å². The molecule has 1 saturated heterocycles. The molecule has 1 aliphatic heterocycles. The van der Waals surface area contributed by atoms with Crippen LogP contribution >= 0.6 is 35.3 Å². The van der Waals surface area contributed by atoms with Crippen molar-refractivity contribution in [2.75, 3.05) is 13.2 Å². The summed E-state index contributed by atoms with van der Waals surface area (Å²) in [6.45, 7) is 5.06. The molecule has 120 valence electrons. The summed E-state index contributed by atoms with van der Waals surface area (Å²) in [5, 5.41) is 3.69. The molecule has 1 fully saturated rings. The van der Waals surface area contributed by atoms with Gasteiger partial charge in [-0.25, -0.2) is 0 Å². The molecule has 1 N–H and O–H groups in total. The van der Waals surface area contributed by atoms with Gasteiger partial charge in [-0.15, -0.1) is 11.3 Å². The van der Waals surface area contributed by atoms with E-state index in [1.165, 1.54) is 11.8 Å². The molecule has 2 heterocycles. The van der Waals surface area contributed by atoms with E-state index in [-0.39, 0.29) is 5.91 Å². The van der Waals surface area contributed by atoms with E-state index in [1.54, 1.807) is 11.3 Å². The van der Waals surface area contributed by atoms with Gasteiger partial charge in [0.05, 0.1) is 18.1 Å². The van der Waals surface area contributed by atoms with Crippen LogP contribution in [0, 0.1) is 0 Å². The predicted octanol–water partition coefficient (Wildman–Crippen LogP) is 4.19. The maximum atomic E-state index is 11.8. The van der Waals surface area contributed by atoms with Crippen molar-refractivity contribution < 1.29 is 14.3 Å². The molecular formula is C16H15NO3S3. The number of hydrogen-bond donors (Lipinski definition) is 1. The highest BCUT2D eigenvalue weighted by molar-refractivity contribution is 8.26. The van der Waals surface area contributed by atoms with E-state index in [4.69, 9.17) is 21.7 Å². The first kappa shape index (κ1) is 16.3. The molecule has 7 heteroatoms. The third-order valence-electron chi connectivity index (χ3n) is 3.12. The van der Waals surface area contributed by atoms with Gasteiger partial charge < -0.3 is 14.8 Å². The molecular weight excluding hydrogens is 350 g/mol. The number of nitrogens with one attached hydrogen (secondary N) is 1. The number of thiophene rings is 1. The molecule has 4 nitrogen and oxygen atoms in total. The number of thiocarbonyl (C=S) groups is 1. The van der Waals surface area contributed by atoms with Crippen molar-refractivity contribution in [3.63, 3.8) is 0 Å². The summed E-state index contributed by atoms with van der Waals surface area (Å²) in [5.41, 5.74) is 0. The molecule has 0 radical (unpaired) electrons. The van der Waals surface area contributed by atoms with Crippen LogP contribution in [0.4, 0.5) is 0 Å². The number of benzene rings is 1. The number of carbonyl (C=O) groups excluding carboxylic acids is 1. The second-order valence-corrected chi connectivity index (χ2v) is 7.54. The maximum Gasteiger partial charge on any atom is 0.263 e. The maximum absolute atomic E-state index is 11.8. The van der Waals surface area contributed by atoms with Crippen LogP contribution in [0.5, 0.6) is 11.5 Å². The fourth-order valence-corrected chi connectivity index (χ4v) is 4.35. The Hall–Kier alpha value is -1.57. The van der Waals surface area contributed by atoms with Crippen molar-refractivity contribution in [3.05, 3.63) is 28.0 Å². The van der Waals surface area contributed by atoms with E-state index in [0.29, 0.717) is 22.4 Å². The van der Waals surface area contributed by atoms with E-state index in [2.05, 4.69) is 5.32 Å². The molecule has 0 unspecified atom stereocenters. The lowest BCUT2D eigenvalue weighted by molar-refractivity contribution is -0.115. The Morgan fingerprint density at radius 3 is 2.48 bits per heavy atom. The number of fused-ring (bicyclic) bond motifs is 1. The fraction of sp³-hybridized carbons (Fsp3) is 0.250. The Kier molecular flexibility index (Phi) is 4.89. The smallest absolute Gasteiger partial charge is 0.263 e. The SMILES string of the molecule is CCOc1cc2cc(C=C3SC(=S)NC3=O)sc2cc1OCC. The van der Waals surface area contributed by atoms with Gasteiger partial charge in [-0.2, -0.15) is 0 Å². The Balaban J connectivity index is 1.99. The number of ether oxygens (including phenoxy) is 2. The van der Waals surface area contributed by atoms with Crippen LogP contribution in [-0.4, -0.2) is 23.4 Å². The minimum atomic E-state index is -0.137. The summed E-state index contributed by atoms with van der Waals surface area (Å²) in [5.74, 6) is 1.35. The standard InChI is InChI=1S/C16H15NO3S3/c1-3-19-11-6-9-5-10(7-14-15(18)17-16(21)23-14)22-13(9)8-12(11)20-4-2/h5-8H,3-4H2,1-2H3,(H,17,18,21). The quantitative estimate of drug-likeness (QED) is 0.636. The molecule has 1 amide bonds. The van der Waals surface area contributed by atoms with Crippen molar-refractivity contribution in [3.8, 4) is 11.5 Å². The highest BCUT2D eigenvalue weighted by Gasteiger charge is 2.22. The summed E-state index contributed by atoms with van der Waals surface area (Å²) < 4.78 is 12.9. The van der Waals surface area contributed by atoms with Crippen molar-refractivity contribution >= 4 is 61.7 Å². The number of carbonyl (C=O) groups is 1. The topological polar surface area (TPSA) is 47.6 Å². The summed E-state index contributed by atoms with van der Waals surface area (Å²) in [6.07, 6.45) is 1.87. The monoisotopic (exact) mass is 365 g/mol. The zero-order chi connectivity index (χ0) is 16.4. The lowest BCUT2D eigenvalue weighted by Crippen LogP contribution is -2.17. The zero-order valence-electron chi connectivity index (χ0n) is 12.7. The van der Waals surface area contributed by atoms with Gasteiger partial charge in [0.1, 0.15) is 4.32 Å². The van der Waals surface area contributed by atoms with Crippen molar-refractivity contribution in [1.82, 2.24) is 5.32 Å². The van der Waals surface area contributed by atoms with Gasteiger partial charge in [-0.05, 0) is 37.4 Å². The molecule has 0 aliphatic carbocycles. The molecule has 0 atom stereocenters. The van der Waals surface area contributed by atoms with Crippen LogP contribution in [0.2, 0.25) is 0 Å². The van der Waals surface area contributed by atoms with Gasteiger partial charge in [0.15, 0.2) is 11.5 Å². The largest absolute Gasteiger partial charge is 0.490 e. The van der Waals surface area contributed by atoms with Crippen molar-refractivity contribution in [2.45, 2.75) is 13.8 Å². The minimum absolute atomic E-state index is 0.137. The molecule has 1 aromatic heterocycles. The first-order valence-corrected chi connectivity index (χ1v) is 9.23. The van der Waals surface area contributed by atoms with Gasteiger partial charge in [-0.1, -0.05) is 24.0 Å². The van der Waals surface area contributed by atoms with Gasteiger partial charge in [-0.3, -0.25) is 4.79 Å². The van der Waals surface area contributed by atoms with Crippen LogP contribution in [0.1, 0.15) is 18.7 Å². The minimum Gasteiger partial charge on any atom is -0.490 e. The van der Waals surface area contributed by atoms with E-state index in [9.17, 15) is 4.79 Å². The summed E-state index contributed by atoms with van der Waals surface area (Å²) in [4.78, 5) is 13.4. The van der Waals surface area contributed by atoms with E-state index in [1.807, 2.05) is 38.1 Å². The average molecular weight is 366 g/mol. The Labute approximate surface area is 147 Å². The highest BCUT2D eigenvalue weighted by atomic mass is 32.2. The highest BCUT2D eigenvalue weighted by Crippen LogP contribution is 2.38. The average Bonchev–Trinajstić information content (AvgIpc) is 3.02. The second kappa shape index (κ2) is 6.90. The summed E-state index contributed by atoms with van der Waals surface area (Å²) in [7, 11) is 0. The fourth-order valence-electron chi connectivity index (χ4n) is 2.23. The molecule has 23 heavy (non-hydrogen) atoms. The Morgan fingerprint density at radius 2 is 1.87 bits per heavy atom. The van der Waals surface area contributed by atoms with Gasteiger partial charge >= 0.3 is 0 Å². The zero-order valence-corrected chi connectivity index (χ0v) is 15.1. The molecule has 3 rings (SSSR count). The van der Waals surface area contributed by atoms with Crippen molar-refractivity contribution in [1.29, 1.82) is 0 Å². The third-order valence-corrected chi connectivity index (χ3v) is 5.32. The third kappa shape index (κ3) is 3.52. The lowest BCUT2D eigenvalue weighted by Gasteiger charge is -2.10. The first-order chi connectivity index (χ1) is 11.1. The van der Waals surface area contributed by atoms with E-state index < -0.39 is 0 Å². The lowest BCUT2D eigenvalue weighted by atomic mass is 10.2. The number of amides is 1. The molecule has 0 spiro atoms. The number of hydrogen-bond acceptors (Lipinski definition) is 6. The second-order valence-electron chi connectivity index (χ2n) is 4.70. The number of rotatable bonds is 5. The summed E-state index contributed by atoms with van der Waals surface area (Å²) in [6, 6.07) is 6.01. The number of thioether (sulfide) groups is 1. The van der Waals surface area contributed by atoms with Crippen LogP contribution in [0.3, 0.4) is 0 Å². The van der Waals surface area contributed by atoms with Crippen LogP contribution < -0.4 is 14.8 Å². The van der Waals surface area contributed by atoms with Crippen LogP contribution in [0.25, 0.3) is 16.2 Å². The first-order valence-electron chi connectivity index (χ1n) is 7.18. The molecule has 2 aromatic rings. The van der Waals surface area contributed by atoms with Crippen LogP contribution in [0.15, 0.2) is 23.1 Å². The van der Waals surface area contributed by atoms with Crippen molar-refractivity contribution in [2.24, 2.45) is 0 Å². The van der Waals surface area contributed by atoms with Gasteiger partial charge in [0, 0.05) is 15.6 Å². The Bertz CT molecular complexity index is 767. The van der Waals surface area contributed by atoms with Gasteiger partial charge in [0.2, 0.25) is 0 Å². The molecule has 1 aromatic carbocycles. The van der Waals surface area contributed by atoms with E-state index >= 15 is 0 Å². The normalized spacial score (nSPS) is 16.2. The predicted molar refractivity (Wildman–Crippen MR) is 100 cm³/mol. The summed E-state index contributed by atoms with van der Waals surface area (Å²) >= 11 is 7.90. The molecule has 0 bridgehead atoms. The Morgan fingerprint density at radius 1 is 1.17 bits per heavy atom. The van der Waals surface area contributed by atoms with Crippen LogP contribution in [-0.2, 0) is 4.79 Å². The molecule has 1 aliphatic rings. The van der Waals surface area contributed by atoms with E-state index in [0.717, 1.165) is 26.5 Å². The molecule has 0 saturated carbocycles.